The van der Waals surface area contributed by atoms with Gasteiger partial charge in [0.2, 0.25) is 12.5 Å². The molecule has 3 unspecified atom stereocenters. The van der Waals surface area contributed by atoms with E-state index in [0.29, 0.717) is 28.4 Å². The normalized spacial score (nSPS) is 24.2. The number of esters is 3. The standard InChI is InChI=1S/C26H34O11/c1-9-13(2)22(27)35-15(4)25(6,30)23(28)36-20(14(3)34-24(29)26(7)16(5)37-26)17-10-18(31-8)21-19(11-17)32-12-33-21/h9-11,14-16,20,30H,12H2,1-8H3/b13-9+/t14-,15-,16?,20+,25?,26?/m1/s1. The van der Waals surface area contributed by atoms with Gasteiger partial charge in [-0.05, 0) is 60.6 Å². The number of carbonyl (C=O) groups excluding carboxylic acids is 3. The predicted molar refractivity (Wildman–Crippen MR) is 128 cm³/mol. The monoisotopic (exact) mass is 522 g/mol. The van der Waals surface area contributed by atoms with E-state index in [4.69, 9.17) is 33.2 Å². The number of ether oxygens (including phenoxy) is 7. The van der Waals surface area contributed by atoms with E-state index in [9.17, 15) is 19.5 Å². The van der Waals surface area contributed by atoms with Crippen LogP contribution in [0.5, 0.6) is 17.2 Å². The molecule has 2 heterocycles. The number of allylic oxidation sites excluding steroid dienone is 1. The van der Waals surface area contributed by atoms with Crippen LogP contribution in [-0.2, 0) is 33.3 Å². The molecule has 1 saturated heterocycles. The molecular formula is C26H34O11. The summed E-state index contributed by atoms with van der Waals surface area (Å²) in [6.07, 6.45) is -2.26. The van der Waals surface area contributed by atoms with Crippen molar-refractivity contribution in [2.24, 2.45) is 0 Å². The lowest BCUT2D eigenvalue weighted by atomic mass is 9.99. The SMILES string of the molecule is C/C=C(\C)C(=O)O[C@H](C)C(C)(O)C(=O)O[C@H](c1cc(OC)c2c(c1)OCO2)[C@@H](C)OC(=O)C1(C)OC1C. The zero-order valence-corrected chi connectivity index (χ0v) is 22.3. The van der Waals surface area contributed by atoms with Crippen LogP contribution in [0.1, 0.15) is 60.1 Å². The molecule has 0 spiro atoms. The van der Waals surface area contributed by atoms with Crippen LogP contribution in [0.15, 0.2) is 23.8 Å². The second-order valence-electron chi connectivity index (χ2n) is 9.43. The van der Waals surface area contributed by atoms with Gasteiger partial charge in [-0.15, -0.1) is 0 Å². The summed E-state index contributed by atoms with van der Waals surface area (Å²) in [7, 11) is 1.44. The molecule has 1 aromatic carbocycles. The van der Waals surface area contributed by atoms with Crippen LogP contribution < -0.4 is 14.2 Å². The van der Waals surface area contributed by atoms with Crippen molar-refractivity contribution in [2.75, 3.05) is 13.9 Å². The lowest BCUT2D eigenvalue weighted by Gasteiger charge is -2.32. The van der Waals surface area contributed by atoms with Crippen LogP contribution in [0.25, 0.3) is 0 Å². The summed E-state index contributed by atoms with van der Waals surface area (Å²) in [5, 5.41) is 11.0. The summed E-state index contributed by atoms with van der Waals surface area (Å²) < 4.78 is 38.2. The second-order valence-corrected chi connectivity index (χ2v) is 9.43. The van der Waals surface area contributed by atoms with Crippen molar-refractivity contribution in [2.45, 2.75) is 84.1 Å². The molecule has 0 amide bonds. The number of carbonyl (C=O) groups is 3. The van der Waals surface area contributed by atoms with E-state index < -0.39 is 47.4 Å². The van der Waals surface area contributed by atoms with Gasteiger partial charge in [0.15, 0.2) is 28.8 Å². The highest BCUT2D eigenvalue weighted by Gasteiger charge is 2.58. The number of aliphatic hydroxyl groups is 1. The third-order valence-electron chi connectivity index (χ3n) is 6.75. The Morgan fingerprint density at radius 1 is 1.19 bits per heavy atom. The number of fused-ring (bicyclic) bond motifs is 1. The van der Waals surface area contributed by atoms with Gasteiger partial charge in [0.25, 0.3) is 0 Å². The van der Waals surface area contributed by atoms with Gasteiger partial charge >= 0.3 is 17.9 Å². The minimum Gasteiger partial charge on any atom is -0.493 e. The fourth-order valence-corrected chi connectivity index (χ4v) is 3.53. The first-order valence-corrected chi connectivity index (χ1v) is 11.9. The quantitative estimate of drug-likeness (QED) is 0.210. The second kappa shape index (κ2) is 10.6. The van der Waals surface area contributed by atoms with Crippen molar-refractivity contribution in [3.05, 3.63) is 29.3 Å². The van der Waals surface area contributed by atoms with Gasteiger partial charge in [0, 0.05) is 11.1 Å². The lowest BCUT2D eigenvalue weighted by molar-refractivity contribution is -0.194. The Balaban J connectivity index is 1.89. The van der Waals surface area contributed by atoms with E-state index in [-0.39, 0.29) is 12.9 Å². The lowest BCUT2D eigenvalue weighted by Crippen LogP contribution is -2.49. The summed E-state index contributed by atoms with van der Waals surface area (Å²) in [5.41, 5.74) is -2.66. The molecule has 0 radical (unpaired) electrons. The molecule has 2 aliphatic heterocycles. The number of rotatable bonds is 10. The maximum absolute atomic E-state index is 13.2. The zero-order chi connectivity index (χ0) is 27.7. The number of hydrogen-bond donors (Lipinski definition) is 1. The minimum absolute atomic E-state index is 0.0268. The van der Waals surface area contributed by atoms with E-state index >= 15 is 0 Å². The molecule has 2 aliphatic rings. The van der Waals surface area contributed by atoms with Crippen molar-refractivity contribution in [1.82, 2.24) is 0 Å². The Bertz CT molecular complexity index is 1090. The molecule has 0 bridgehead atoms. The van der Waals surface area contributed by atoms with Crippen LogP contribution in [0.4, 0.5) is 0 Å². The number of methoxy groups -OCH3 is 1. The van der Waals surface area contributed by atoms with E-state index in [1.807, 2.05) is 0 Å². The number of epoxide rings is 1. The highest BCUT2D eigenvalue weighted by atomic mass is 16.7. The van der Waals surface area contributed by atoms with Crippen LogP contribution in [-0.4, -0.2) is 66.4 Å². The highest BCUT2D eigenvalue weighted by molar-refractivity contribution is 5.88. The van der Waals surface area contributed by atoms with Crippen LogP contribution in [0.2, 0.25) is 0 Å². The van der Waals surface area contributed by atoms with Gasteiger partial charge < -0.3 is 38.3 Å². The fraction of sp³-hybridized carbons (Fsp3) is 0.577. The molecule has 1 fully saturated rings. The summed E-state index contributed by atoms with van der Waals surface area (Å²) in [6, 6.07) is 3.13. The molecule has 11 nitrogen and oxygen atoms in total. The van der Waals surface area contributed by atoms with E-state index in [1.54, 1.807) is 45.9 Å². The van der Waals surface area contributed by atoms with Crippen molar-refractivity contribution < 1.29 is 52.6 Å². The largest absolute Gasteiger partial charge is 0.493 e. The molecule has 37 heavy (non-hydrogen) atoms. The highest BCUT2D eigenvalue weighted by Crippen LogP contribution is 2.45. The molecule has 204 valence electrons. The smallest absolute Gasteiger partial charge is 0.342 e. The number of benzene rings is 1. The molecule has 1 aromatic rings. The van der Waals surface area contributed by atoms with Crippen molar-refractivity contribution in [1.29, 1.82) is 0 Å². The minimum atomic E-state index is -2.23. The summed E-state index contributed by atoms with van der Waals surface area (Å²) in [5.74, 6) is -1.38. The molecular weight excluding hydrogens is 488 g/mol. The molecule has 1 N–H and O–H groups in total. The fourth-order valence-electron chi connectivity index (χ4n) is 3.53. The van der Waals surface area contributed by atoms with Crippen LogP contribution in [0.3, 0.4) is 0 Å². The molecule has 3 rings (SSSR count). The molecule has 11 heteroatoms. The van der Waals surface area contributed by atoms with Crippen molar-refractivity contribution >= 4 is 17.9 Å². The topological polar surface area (TPSA) is 139 Å². The van der Waals surface area contributed by atoms with Gasteiger partial charge in [0.1, 0.15) is 12.2 Å². The van der Waals surface area contributed by atoms with E-state index in [2.05, 4.69) is 0 Å². The van der Waals surface area contributed by atoms with Crippen molar-refractivity contribution in [3.8, 4) is 17.2 Å². The van der Waals surface area contributed by atoms with Crippen LogP contribution >= 0.6 is 0 Å². The third kappa shape index (κ3) is 5.67. The first-order valence-electron chi connectivity index (χ1n) is 11.9. The van der Waals surface area contributed by atoms with Gasteiger partial charge in [-0.3, -0.25) is 0 Å². The Kier molecular flexibility index (Phi) is 8.09. The molecule has 6 atom stereocenters. The molecule has 0 aliphatic carbocycles. The summed E-state index contributed by atoms with van der Waals surface area (Å²) in [4.78, 5) is 38.1. The average Bonchev–Trinajstić information content (AvgIpc) is 3.24. The maximum Gasteiger partial charge on any atom is 0.342 e. The van der Waals surface area contributed by atoms with Gasteiger partial charge in [-0.25, -0.2) is 14.4 Å². The maximum atomic E-state index is 13.2. The zero-order valence-electron chi connectivity index (χ0n) is 22.3. The third-order valence-corrected chi connectivity index (χ3v) is 6.75. The van der Waals surface area contributed by atoms with E-state index in [0.717, 1.165) is 0 Å². The predicted octanol–water partition coefficient (Wildman–Crippen LogP) is 2.77. The first-order chi connectivity index (χ1) is 17.3. The summed E-state index contributed by atoms with van der Waals surface area (Å²) in [6.45, 7) is 10.6. The average molecular weight is 523 g/mol. The van der Waals surface area contributed by atoms with Gasteiger partial charge in [0.05, 0.1) is 13.2 Å². The molecule has 0 saturated carbocycles. The Morgan fingerprint density at radius 3 is 2.41 bits per heavy atom. The summed E-state index contributed by atoms with van der Waals surface area (Å²) >= 11 is 0. The Morgan fingerprint density at radius 2 is 1.84 bits per heavy atom. The van der Waals surface area contributed by atoms with Crippen molar-refractivity contribution in [3.63, 3.8) is 0 Å². The Labute approximate surface area is 215 Å². The van der Waals surface area contributed by atoms with Gasteiger partial charge in [-0.2, -0.15) is 0 Å². The Hall–Kier alpha value is -3.31. The van der Waals surface area contributed by atoms with E-state index in [1.165, 1.54) is 27.9 Å². The first kappa shape index (κ1) is 28.3. The molecule has 0 aromatic heterocycles. The van der Waals surface area contributed by atoms with Gasteiger partial charge in [-0.1, -0.05) is 6.08 Å². The van der Waals surface area contributed by atoms with Crippen LogP contribution in [0, 0.1) is 0 Å². The number of hydrogen-bond acceptors (Lipinski definition) is 11.